The lowest BCUT2D eigenvalue weighted by molar-refractivity contribution is 0.414. The van der Waals surface area contributed by atoms with Crippen LogP contribution in [0.5, 0.6) is 0 Å². The molecule has 0 saturated heterocycles. The van der Waals surface area contributed by atoms with Gasteiger partial charge in [0.2, 0.25) is 0 Å². The van der Waals surface area contributed by atoms with E-state index in [9.17, 15) is 4.39 Å². The van der Waals surface area contributed by atoms with Crippen LogP contribution in [0.3, 0.4) is 0 Å². The Balaban J connectivity index is 2.17. The van der Waals surface area contributed by atoms with Gasteiger partial charge < -0.3 is 9.73 Å². The minimum Gasteiger partial charge on any atom is -0.465 e. The molecule has 1 atom stereocenters. The summed E-state index contributed by atoms with van der Waals surface area (Å²) in [4.78, 5) is 0. The lowest BCUT2D eigenvalue weighted by atomic mass is 10.0. The Morgan fingerprint density at radius 1 is 1.33 bits per heavy atom. The Morgan fingerprint density at radius 3 is 2.67 bits per heavy atom. The smallest absolute Gasteiger partial charge is 0.142 e. The molecule has 18 heavy (non-hydrogen) atoms. The van der Waals surface area contributed by atoms with Gasteiger partial charge in [-0.2, -0.15) is 0 Å². The zero-order valence-electron chi connectivity index (χ0n) is 10.3. The van der Waals surface area contributed by atoms with Crippen LogP contribution >= 0.6 is 11.6 Å². The van der Waals surface area contributed by atoms with Gasteiger partial charge in [0.05, 0.1) is 11.1 Å². The minimum absolute atomic E-state index is 0.0271. The van der Waals surface area contributed by atoms with E-state index in [2.05, 4.69) is 5.32 Å². The zero-order valence-corrected chi connectivity index (χ0v) is 11.1. The predicted octanol–water partition coefficient (Wildman–Crippen LogP) is 3.88. The van der Waals surface area contributed by atoms with Crippen LogP contribution in [-0.2, 0) is 6.42 Å². The Hall–Kier alpha value is -1.32. The molecule has 4 heteroatoms. The van der Waals surface area contributed by atoms with Crippen LogP contribution in [0.2, 0.25) is 5.02 Å². The zero-order chi connectivity index (χ0) is 13.1. The summed E-state index contributed by atoms with van der Waals surface area (Å²) in [6.45, 7) is 1.90. The minimum atomic E-state index is -0.389. The van der Waals surface area contributed by atoms with E-state index in [4.69, 9.17) is 16.0 Å². The Labute approximate surface area is 111 Å². The maximum Gasteiger partial charge on any atom is 0.142 e. The van der Waals surface area contributed by atoms with Gasteiger partial charge in [0, 0.05) is 0 Å². The van der Waals surface area contributed by atoms with Gasteiger partial charge in [0.1, 0.15) is 17.3 Å². The second-order valence-corrected chi connectivity index (χ2v) is 4.65. The van der Waals surface area contributed by atoms with E-state index in [1.165, 1.54) is 6.07 Å². The molecule has 0 saturated carbocycles. The van der Waals surface area contributed by atoms with Crippen molar-refractivity contribution in [3.05, 3.63) is 58.3 Å². The summed E-state index contributed by atoms with van der Waals surface area (Å²) in [7, 11) is 1.86. The fourth-order valence-electron chi connectivity index (χ4n) is 1.89. The summed E-state index contributed by atoms with van der Waals surface area (Å²) in [5.74, 6) is 1.33. The van der Waals surface area contributed by atoms with Crippen LogP contribution < -0.4 is 5.32 Å². The molecule has 0 radical (unpaired) electrons. The molecular formula is C14H15ClFNO. The SMILES string of the molecule is CNC(Cc1ccc(Cl)c(F)c1)c1ccc(C)o1. The summed E-state index contributed by atoms with van der Waals surface area (Å²) in [5, 5.41) is 3.31. The molecule has 0 spiro atoms. The molecule has 2 rings (SSSR count). The topological polar surface area (TPSA) is 25.2 Å². The third-order valence-corrected chi connectivity index (χ3v) is 3.18. The standard InChI is InChI=1S/C14H15ClFNO/c1-9-3-6-14(18-9)13(17-2)8-10-4-5-11(15)12(16)7-10/h3-7,13,17H,8H2,1-2H3. The highest BCUT2D eigenvalue weighted by Crippen LogP contribution is 2.22. The van der Waals surface area contributed by atoms with Crippen LogP contribution in [0.1, 0.15) is 23.1 Å². The number of hydrogen-bond donors (Lipinski definition) is 1. The van der Waals surface area contributed by atoms with Crippen molar-refractivity contribution >= 4 is 11.6 Å². The number of hydrogen-bond acceptors (Lipinski definition) is 2. The van der Waals surface area contributed by atoms with Gasteiger partial charge >= 0.3 is 0 Å². The molecule has 1 heterocycles. The van der Waals surface area contributed by atoms with Crippen molar-refractivity contribution in [2.75, 3.05) is 7.05 Å². The van der Waals surface area contributed by atoms with Crippen LogP contribution in [-0.4, -0.2) is 7.05 Å². The number of likely N-dealkylation sites (N-methyl/N-ethyl adjacent to an activating group) is 1. The number of furan rings is 1. The van der Waals surface area contributed by atoms with Crippen LogP contribution in [0.4, 0.5) is 4.39 Å². The molecule has 1 unspecified atom stereocenters. The van der Waals surface area contributed by atoms with Crippen molar-refractivity contribution in [1.82, 2.24) is 5.32 Å². The molecule has 1 N–H and O–H groups in total. The van der Waals surface area contributed by atoms with E-state index in [0.717, 1.165) is 17.1 Å². The van der Waals surface area contributed by atoms with Crippen LogP contribution in [0.15, 0.2) is 34.7 Å². The van der Waals surface area contributed by atoms with Gasteiger partial charge in [0.15, 0.2) is 0 Å². The summed E-state index contributed by atoms with van der Waals surface area (Å²) in [6, 6.07) is 8.74. The molecular weight excluding hydrogens is 253 g/mol. The van der Waals surface area contributed by atoms with E-state index >= 15 is 0 Å². The first-order valence-electron chi connectivity index (χ1n) is 5.77. The summed E-state index contributed by atoms with van der Waals surface area (Å²) < 4.78 is 18.9. The molecule has 1 aromatic heterocycles. The van der Waals surface area contributed by atoms with E-state index in [0.29, 0.717) is 6.42 Å². The number of benzene rings is 1. The third kappa shape index (κ3) is 2.92. The second kappa shape index (κ2) is 5.55. The predicted molar refractivity (Wildman–Crippen MR) is 70.4 cm³/mol. The third-order valence-electron chi connectivity index (χ3n) is 2.88. The number of nitrogens with one attached hydrogen (secondary N) is 1. The van der Waals surface area contributed by atoms with Gasteiger partial charge in [0.25, 0.3) is 0 Å². The molecule has 0 amide bonds. The van der Waals surface area contributed by atoms with Crippen LogP contribution in [0, 0.1) is 12.7 Å². The van der Waals surface area contributed by atoms with Crippen LogP contribution in [0.25, 0.3) is 0 Å². The average molecular weight is 268 g/mol. The van der Waals surface area contributed by atoms with E-state index in [1.807, 2.05) is 32.2 Å². The number of halogens is 2. The molecule has 96 valence electrons. The van der Waals surface area contributed by atoms with Crippen molar-refractivity contribution in [2.45, 2.75) is 19.4 Å². The fraction of sp³-hybridized carbons (Fsp3) is 0.286. The van der Waals surface area contributed by atoms with Gasteiger partial charge in [-0.15, -0.1) is 0 Å². The highest BCUT2D eigenvalue weighted by Gasteiger charge is 2.14. The molecule has 0 fully saturated rings. The maximum atomic E-state index is 13.4. The molecule has 0 aliphatic rings. The molecule has 1 aromatic carbocycles. The summed E-state index contributed by atoms with van der Waals surface area (Å²) in [6.07, 6.45) is 0.650. The Kier molecular flexibility index (Phi) is 4.04. The summed E-state index contributed by atoms with van der Waals surface area (Å²) in [5.41, 5.74) is 0.880. The van der Waals surface area contributed by atoms with Gasteiger partial charge in [-0.3, -0.25) is 0 Å². The lowest BCUT2D eigenvalue weighted by Gasteiger charge is -2.14. The van der Waals surface area contributed by atoms with Crippen molar-refractivity contribution in [1.29, 1.82) is 0 Å². The first-order valence-corrected chi connectivity index (χ1v) is 6.15. The quantitative estimate of drug-likeness (QED) is 0.909. The fourth-order valence-corrected chi connectivity index (χ4v) is 2.01. The van der Waals surface area contributed by atoms with Crippen molar-refractivity contribution in [3.63, 3.8) is 0 Å². The molecule has 0 bridgehead atoms. The Bertz CT molecular complexity index is 538. The van der Waals surface area contributed by atoms with E-state index in [-0.39, 0.29) is 16.9 Å². The largest absolute Gasteiger partial charge is 0.465 e. The molecule has 2 nitrogen and oxygen atoms in total. The molecule has 2 aromatic rings. The van der Waals surface area contributed by atoms with Crippen molar-refractivity contribution < 1.29 is 8.81 Å². The summed E-state index contributed by atoms with van der Waals surface area (Å²) >= 11 is 5.66. The van der Waals surface area contributed by atoms with E-state index in [1.54, 1.807) is 6.07 Å². The van der Waals surface area contributed by atoms with Gasteiger partial charge in [-0.05, 0) is 50.2 Å². The molecule has 0 aliphatic carbocycles. The average Bonchev–Trinajstić information content (AvgIpc) is 2.77. The number of rotatable bonds is 4. The lowest BCUT2D eigenvalue weighted by Crippen LogP contribution is -2.18. The van der Waals surface area contributed by atoms with Gasteiger partial charge in [-0.1, -0.05) is 17.7 Å². The van der Waals surface area contributed by atoms with Crippen molar-refractivity contribution in [2.24, 2.45) is 0 Å². The number of aryl methyl sites for hydroxylation is 1. The first kappa shape index (κ1) is 13.1. The second-order valence-electron chi connectivity index (χ2n) is 4.24. The highest BCUT2D eigenvalue weighted by atomic mass is 35.5. The van der Waals surface area contributed by atoms with Crippen molar-refractivity contribution in [3.8, 4) is 0 Å². The first-order chi connectivity index (χ1) is 8.60. The van der Waals surface area contributed by atoms with E-state index < -0.39 is 0 Å². The maximum absolute atomic E-state index is 13.4. The molecule has 0 aliphatic heterocycles. The monoisotopic (exact) mass is 267 g/mol. The van der Waals surface area contributed by atoms with Gasteiger partial charge in [-0.25, -0.2) is 4.39 Å². The normalized spacial score (nSPS) is 12.7. The Morgan fingerprint density at radius 2 is 2.11 bits per heavy atom. The highest BCUT2D eigenvalue weighted by molar-refractivity contribution is 6.30.